The minimum Gasteiger partial charge on any atom is -0.376 e. The lowest BCUT2D eigenvalue weighted by atomic mass is 10.1. The van der Waals surface area contributed by atoms with E-state index in [4.69, 9.17) is 9.72 Å². The zero-order chi connectivity index (χ0) is 19.0. The number of thiazole rings is 1. The van der Waals surface area contributed by atoms with Crippen LogP contribution in [-0.2, 0) is 11.3 Å². The summed E-state index contributed by atoms with van der Waals surface area (Å²) in [4.78, 5) is 19.8. The molecule has 1 atom stereocenters. The first-order valence-electron chi connectivity index (χ1n) is 9.40. The largest absolute Gasteiger partial charge is 0.376 e. The Kier molecular flexibility index (Phi) is 4.97. The Morgan fingerprint density at radius 3 is 2.96 bits per heavy atom. The molecule has 2 aromatic heterocycles. The fraction of sp³-hybridized carbons (Fsp3) is 0.450. The predicted molar refractivity (Wildman–Crippen MR) is 108 cm³/mol. The van der Waals surface area contributed by atoms with Gasteiger partial charge in [-0.15, -0.1) is 0 Å². The average Bonchev–Trinajstić information content (AvgIpc) is 3.38. The van der Waals surface area contributed by atoms with E-state index in [1.54, 1.807) is 27.0 Å². The normalized spacial score (nSPS) is 16.9. The molecular weight excluding hydrogens is 360 g/mol. The molecule has 3 heterocycles. The number of aromatic nitrogens is 3. The van der Waals surface area contributed by atoms with Gasteiger partial charge in [0.25, 0.3) is 5.91 Å². The standard InChI is InChI=1S/C20H24N4O2S/c1-4-23-8-7-16(22-23)19(25)24(12-15-6-5-9-26-15)20-21-18-14(3)10-13(2)11-17(18)27-20/h7-8,10-11,15H,4-6,9,12H2,1-3H3. The van der Waals surface area contributed by atoms with Gasteiger partial charge in [-0.1, -0.05) is 17.4 Å². The number of hydrogen-bond donors (Lipinski definition) is 0. The van der Waals surface area contributed by atoms with E-state index in [1.807, 2.05) is 13.1 Å². The first-order chi connectivity index (χ1) is 13.0. The number of benzene rings is 1. The lowest BCUT2D eigenvalue weighted by Crippen LogP contribution is -2.37. The summed E-state index contributed by atoms with van der Waals surface area (Å²) >= 11 is 1.56. The minimum absolute atomic E-state index is 0.0528. The van der Waals surface area contributed by atoms with Crippen LogP contribution in [0.2, 0.25) is 0 Å². The molecule has 142 valence electrons. The van der Waals surface area contributed by atoms with Crippen molar-refractivity contribution in [2.24, 2.45) is 0 Å². The molecule has 0 aliphatic carbocycles. The highest BCUT2D eigenvalue weighted by Crippen LogP contribution is 2.33. The summed E-state index contributed by atoms with van der Waals surface area (Å²) in [7, 11) is 0. The van der Waals surface area contributed by atoms with Crippen molar-refractivity contribution in [1.29, 1.82) is 0 Å². The van der Waals surface area contributed by atoms with Gasteiger partial charge in [-0.2, -0.15) is 5.10 Å². The van der Waals surface area contributed by atoms with Crippen molar-refractivity contribution in [1.82, 2.24) is 14.8 Å². The number of anilines is 1. The zero-order valence-corrected chi connectivity index (χ0v) is 16.8. The lowest BCUT2D eigenvalue weighted by molar-refractivity contribution is 0.0912. The van der Waals surface area contributed by atoms with E-state index in [2.05, 4.69) is 31.1 Å². The molecule has 0 radical (unpaired) electrons. The van der Waals surface area contributed by atoms with Gasteiger partial charge in [0.2, 0.25) is 0 Å². The van der Waals surface area contributed by atoms with E-state index < -0.39 is 0 Å². The van der Waals surface area contributed by atoms with Crippen LogP contribution in [0.4, 0.5) is 5.13 Å². The first-order valence-corrected chi connectivity index (χ1v) is 10.2. The predicted octanol–water partition coefficient (Wildman–Crippen LogP) is 3.96. The van der Waals surface area contributed by atoms with Gasteiger partial charge in [-0.05, 0) is 56.9 Å². The number of hydrogen-bond acceptors (Lipinski definition) is 5. The fourth-order valence-electron chi connectivity index (χ4n) is 3.50. The van der Waals surface area contributed by atoms with E-state index in [0.29, 0.717) is 17.4 Å². The summed E-state index contributed by atoms with van der Waals surface area (Å²) in [5.41, 5.74) is 3.74. The quantitative estimate of drug-likeness (QED) is 0.668. The molecule has 1 saturated heterocycles. The van der Waals surface area contributed by atoms with Crippen molar-refractivity contribution in [2.75, 3.05) is 18.1 Å². The first kappa shape index (κ1) is 18.1. The van der Waals surface area contributed by atoms with Crippen molar-refractivity contribution in [3.63, 3.8) is 0 Å². The molecule has 1 aliphatic heterocycles. The van der Waals surface area contributed by atoms with Gasteiger partial charge in [0, 0.05) is 19.3 Å². The molecule has 4 rings (SSSR count). The van der Waals surface area contributed by atoms with Crippen LogP contribution < -0.4 is 4.90 Å². The smallest absolute Gasteiger partial charge is 0.280 e. The van der Waals surface area contributed by atoms with Crippen LogP contribution in [0.1, 0.15) is 41.4 Å². The number of carbonyl (C=O) groups is 1. The third kappa shape index (κ3) is 3.61. The van der Waals surface area contributed by atoms with Crippen LogP contribution in [0, 0.1) is 13.8 Å². The second-order valence-corrected chi connectivity index (χ2v) is 8.04. The molecule has 0 spiro atoms. The number of carbonyl (C=O) groups excluding carboxylic acids is 1. The molecule has 6 nitrogen and oxygen atoms in total. The molecule has 0 bridgehead atoms. The number of ether oxygens (including phenoxy) is 1. The van der Waals surface area contributed by atoms with E-state index >= 15 is 0 Å². The fourth-order valence-corrected chi connectivity index (χ4v) is 4.65. The van der Waals surface area contributed by atoms with Gasteiger partial charge in [0.15, 0.2) is 10.8 Å². The molecule has 0 N–H and O–H groups in total. The van der Waals surface area contributed by atoms with Crippen LogP contribution in [0.25, 0.3) is 10.2 Å². The number of nitrogens with zero attached hydrogens (tertiary/aromatic N) is 4. The van der Waals surface area contributed by atoms with Crippen LogP contribution in [0.15, 0.2) is 24.4 Å². The highest BCUT2D eigenvalue weighted by atomic mass is 32.1. The Hall–Kier alpha value is -2.25. The molecule has 1 aromatic carbocycles. The Morgan fingerprint density at radius 2 is 2.26 bits per heavy atom. The van der Waals surface area contributed by atoms with Crippen LogP contribution in [-0.4, -0.2) is 39.9 Å². The molecule has 1 amide bonds. The number of fused-ring (bicyclic) bond motifs is 1. The summed E-state index contributed by atoms with van der Waals surface area (Å²) in [6.45, 7) is 8.15. The van der Waals surface area contributed by atoms with Crippen molar-refractivity contribution in [3.05, 3.63) is 41.2 Å². The monoisotopic (exact) mass is 384 g/mol. The van der Waals surface area contributed by atoms with Crippen molar-refractivity contribution < 1.29 is 9.53 Å². The number of amides is 1. The maximum atomic E-state index is 13.3. The zero-order valence-electron chi connectivity index (χ0n) is 15.9. The van der Waals surface area contributed by atoms with Crippen molar-refractivity contribution >= 4 is 32.6 Å². The summed E-state index contributed by atoms with van der Waals surface area (Å²) in [6.07, 6.45) is 3.89. The van der Waals surface area contributed by atoms with Crippen molar-refractivity contribution in [2.45, 2.75) is 46.3 Å². The number of aryl methyl sites for hydroxylation is 3. The topological polar surface area (TPSA) is 60.2 Å². The second kappa shape index (κ2) is 7.40. The molecule has 3 aromatic rings. The molecule has 0 saturated carbocycles. The average molecular weight is 385 g/mol. The van der Waals surface area contributed by atoms with Crippen molar-refractivity contribution in [3.8, 4) is 0 Å². The second-order valence-electron chi connectivity index (χ2n) is 7.03. The van der Waals surface area contributed by atoms with Crippen LogP contribution in [0.5, 0.6) is 0 Å². The third-order valence-electron chi connectivity index (χ3n) is 4.89. The maximum Gasteiger partial charge on any atom is 0.280 e. The van der Waals surface area contributed by atoms with Gasteiger partial charge in [-0.3, -0.25) is 14.4 Å². The van der Waals surface area contributed by atoms with Gasteiger partial charge in [-0.25, -0.2) is 4.98 Å². The maximum absolute atomic E-state index is 13.3. The van der Waals surface area contributed by atoms with E-state index in [1.165, 1.54) is 5.56 Å². The third-order valence-corrected chi connectivity index (χ3v) is 5.91. The van der Waals surface area contributed by atoms with Gasteiger partial charge in [0.1, 0.15) is 0 Å². The van der Waals surface area contributed by atoms with Gasteiger partial charge < -0.3 is 4.74 Å². The molecule has 27 heavy (non-hydrogen) atoms. The highest BCUT2D eigenvalue weighted by molar-refractivity contribution is 7.22. The molecule has 1 unspecified atom stereocenters. The van der Waals surface area contributed by atoms with E-state index in [-0.39, 0.29) is 12.0 Å². The highest BCUT2D eigenvalue weighted by Gasteiger charge is 2.28. The summed E-state index contributed by atoms with van der Waals surface area (Å²) < 4.78 is 8.66. The Labute approximate surface area is 162 Å². The summed E-state index contributed by atoms with van der Waals surface area (Å²) in [5.74, 6) is -0.119. The molecule has 1 fully saturated rings. The van der Waals surface area contributed by atoms with Crippen LogP contribution >= 0.6 is 11.3 Å². The molecular formula is C20H24N4O2S. The SMILES string of the molecule is CCn1ccc(C(=O)N(CC2CCCO2)c2nc3c(C)cc(C)cc3s2)n1. The van der Waals surface area contributed by atoms with E-state index in [9.17, 15) is 4.79 Å². The van der Waals surface area contributed by atoms with Gasteiger partial charge in [0.05, 0.1) is 22.9 Å². The van der Waals surface area contributed by atoms with Crippen LogP contribution in [0.3, 0.4) is 0 Å². The Morgan fingerprint density at radius 1 is 1.41 bits per heavy atom. The molecule has 1 aliphatic rings. The van der Waals surface area contributed by atoms with Gasteiger partial charge >= 0.3 is 0 Å². The molecule has 7 heteroatoms. The minimum atomic E-state index is -0.119. The number of rotatable bonds is 5. The van der Waals surface area contributed by atoms with E-state index in [0.717, 1.165) is 41.8 Å². The summed E-state index contributed by atoms with van der Waals surface area (Å²) in [6, 6.07) is 6.03. The Bertz CT molecular complexity index is 972. The lowest BCUT2D eigenvalue weighted by Gasteiger charge is -2.22. The Balaban J connectivity index is 1.72. The summed E-state index contributed by atoms with van der Waals surface area (Å²) in [5, 5.41) is 5.11.